The highest BCUT2D eigenvalue weighted by atomic mass is 35.5. The van der Waals surface area contributed by atoms with Gasteiger partial charge in [0.1, 0.15) is 5.70 Å². The number of hydroxylamine groups is 2. The number of hydrogen-bond donors (Lipinski definition) is 0. The minimum Gasteiger partial charge on any atom is -0.380 e. The Morgan fingerprint density at radius 3 is 2.72 bits per heavy atom. The van der Waals surface area contributed by atoms with Crippen molar-refractivity contribution in [3.63, 3.8) is 0 Å². The van der Waals surface area contributed by atoms with Crippen LogP contribution in [0.25, 0.3) is 11.3 Å². The Morgan fingerprint density at radius 1 is 1.28 bits per heavy atom. The number of rotatable bonds is 2. The third kappa shape index (κ3) is 1.86. The van der Waals surface area contributed by atoms with Crippen molar-refractivity contribution in [3.8, 4) is 0 Å². The van der Waals surface area contributed by atoms with Crippen molar-refractivity contribution in [2.45, 2.75) is 0 Å². The van der Waals surface area contributed by atoms with Crippen LogP contribution >= 0.6 is 34.3 Å². The average Bonchev–Trinajstić information content (AvgIpc) is 2.99. The van der Waals surface area contributed by atoms with Crippen LogP contribution in [-0.2, 0) is 4.84 Å². The molecule has 3 rings (SSSR count). The summed E-state index contributed by atoms with van der Waals surface area (Å²) in [7, 11) is 1.88. The molecular weight excluding hydrogens is 286 g/mol. The Kier molecular flexibility index (Phi) is 2.93. The van der Waals surface area contributed by atoms with Crippen LogP contribution in [0.15, 0.2) is 42.0 Å². The molecule has 3 heterocycles. The van der Waals surface area contributed by atoms with Crippen molar-refractivity contribution < 1.29 is 4.84 Å². The van der Waals surface area contributed by atoms with Crippen LogP contribution in [0.4, 0.5) is 0 Å². The van der Waals surface area contributed by atoms with Gasteiger partial charge in [0.05, 0.1) is 14.8 Å². The molecule has 0 spiro atoms. The van der Waals surface area contributed by atoms with Gasteiger partial charge in [-0.05, 0) is 23.6 Å². The van der Waals surface area contributed by atoms with E-state index in [-0.39, 0.29) is 0 Å². The first-order chi connectivity index (χ1) is 8.66. The molecule has 0 fully saturated rings. The maximum Gasteiger partial charge on any atom is 0.159 e. The second-order valence-electron chi connectivity index (χ2n) is 3.82. The largest absolute Gasteiger partial charge is 0.380 e. The molecule has 0 amide bonds. The van der Waals surface area contributed by atoms with Crippen LogP contribution in [0.2, 0.25) is 4.34 Å². The quantitative estimate of drug-likeness (QED) is 0.795. The van der Waals surface area contributed by atoms with Gasteiger partial charge in [0.25, 0.3) is 0 Å². The number of allylic oxidation sites excluding steroid dienone is 1. The maximum atomic E-state index is 6.01. The van der Waals surface area contributed by atoms with Gasteiger partial charge in [-0.2, -0.15) is 0 Å². The van der Waals surface area contributed by atoms with Crippen molar-refractivity contribution >= 4 is 45.5 Å². The van der Waals surface area contributed by atoms with Crippen molar-refractivity contribution in [2.75, 3.05) is 7.05 Å². The van der Waals surface area contributed by atoms with Gasteiger partial charge < -0.3 is 4.84 Å². The second-order valence-corrected chi connectivity index (χ2v) is 6.48. The predicted octanol–water partition coefficient (Wildman–Crippen LogP) is 4.72. The minimum absolute atomic E-state index is 0.680. The monoisotopic (exact) mass is 295 g/mol. The first kappa shape index (κ1) is 11.8. The third-order valence-corrected chi connectivity index (χ3v) is 4.78. The molecule has 0 saturated carbocycles. The molecule has 0 bridgehead atoms. The van der Waals surface area contributed by atoms with Gasteiger partial charge >= 0.3 is 0 Å². The highest BCUT2D eigenvalue weighted by Crippen LogP contribution is 2.43. The summed E-state index contributed by atoms with van der Waals surface area (Å²) >= 11 is 9.23. The SMILES string of the molecule is C=C1ON(C)C(c2ccc(Cl)s2)=C1c1cccs1. The van der Waals surface area contributed by atoms with Crippen LogP contribution < -0.4 is 0 Å². The number of nitrogens with zero attached hydrogens (tertiary/aromatic N) is 1. The van der Waals surface area contributed by atoms with E-state index in [0.29, 0.717) is 5.76 Å². The van der Waals surface area contributed by atoms with E-state index in [9.17, 15) is 0 Å². The summed E-state index contributed by atoms with van der Waals surface area (Å²) in [5.74, 6) is 0.680. The lowest BCUT2D eigenvalue weighted by atomic mass is 10.1. The van der Waals surface area contributed by atoms with Crippen LogP contribution in [0.5, 0.6) is 0 Å². The molecule has 0 unspecified atom stereocenters. The Morgan fingerprint density at radius 2 is 2.11 bits per heavy atom. The number of hydrogen-bond acceptors (Lipinski definition) is 4. The summed E-state index contributed by atoms with van der Waals surface area (Å²) in [6, 6.07) is 8.00. The fourth-order valence-electron chi connectivity index (χ4n) is 1.94. The fourth-order valence-corrected chi connectivity index (χ4v) is 3.85. The normalized spacial score (nSPS) is 15.4. The summed E-state index contributed by atoms with van der Waals surface area (Å²) < 4.78 is 0.772. The molecule has 1 aliphatic rings. The molecule has 0 atom stereocenters. The van der Waals surface area contributed by atoms with Crippen molar-refractivity contribution in [1.82, 2.24) is 5.06 Å². The van der Waals surface area contributed by atoms with E-state index in [1.165, 1.54) is 0 Å². The van der Waals surface area contributed by atoms with E-state index in [2.05, 4.69) is 12.6 Å². The van der Waals surface area contributed by atoms with Gasteiger partial charge in [-0.15, -0.1) is 22.7 Å². The van der Waals surface area contributed by atoms with Crippen LogP contribution in [0, 0.1) is 0 Å². The highest BCUT2D eigenvalue weighted by Gasteiger charge is 2.29. The standard InChI is InChI=1S/C13H10ClNOS2/c1-8-12(9-4-3-7-17-9)13(15(2)16-8)10-5-6-11(14)18-10/h3-7H,1H2,2H3. The Hall–Kier alpha value is -1.23. The van der Waals surface area contributed by atoms with E-state index in [0.717, 1.165) is 25.4 Å². The van der Waals surface area contributed by atoms with Gasteiger partial charge in [-0.1, -0.05) is 24.2 Å². The summed E-state index contributed by atoms with van der Waals surface area (Å²) in [6.07, 6.45) is 0. The van der Waals surface area contributed by atoms with Crippen LogP contribution in [0.3, 0.4) is 0 Å². The first-order valence-electron chi connectivity index (χ1n) is 5.31. The molecule has 2 aromatic heterocycles. The molecule has 0 aromatic carbocycles. The molecule has 92 valence electrons. The lowest BCUT2D eigenvalue weighted by Gasteiger charge is -2.13. The average molecular weight is 296 g/mol. The summed E-state index contributed by atoms with van der Waals surface area (Å²) in [4.78, 5) is 7.85. The van der Waals surface area contributed by atoms with Gasteiger partial charge in [0.2, 0.25) is 0 Å². The topological polar surface area (TPSA) is 12.5 Å². The number of halogens is 1. The lowest BCUT2D eigenvalue weighted by Crippen LogP contribution is -2.09. The Labute approximate surface area is 118 Å². The van der Waals surface area contributed by atoms with Gasteiger partial charge in [0.15, 0.2) is 5.76 Å². The van der Waals surface area contributed by atoms with Crippen LogP contribution in [0.1, 0.15) is 9.75 Å². The summed E-state index contributed by atoms with van der Waals surface area (Å²) in [5.41, 5.74) is 2.07. The summed E-state index contributed by atoms with van der Waals surface area (Å²) in [5, 5.41) is 3.80. The molecule has 2 aromatic rings. The fraction of sp³-hybridized carbons (Fsp3) is 0.0769. The Bertz CT molecular complexity index is 627. The number of thiophene rings is 2. The molecule has 0 radical (unpaired) electrons. The van der Waals surface area contributed by atoms with E-state index in [1.807, 2.05) is 30.6 Å². The molecule has 0 N–H and O–H groups in total. The molecule has 1 aliphatic heterocycles. The predicted molar refractivity (Wildman–Crippen MR) is 78.5 cm³/mol. The zero-order chi connectivity index (χ0) is 12.7. The Balaban J connectivity index is 2.20. The van der Waals surface area contributed by atoms with Gasteiger partial charge in [-0.25, -0.2) is 5.06 Å². The van der Waals surface area contributed by atoms with Gasteiger partial charge in [-0.3, -0.25) is 0 Å². The molecule has 18 heavy (non-hydrogen) atoms. The highest BCUT2D eigenvalue weighted by molar-refractivity contribution is 7.17. The molecule has 5 heteroatoms. The summed E-state index contributed by atoms with van der Waals surface area (Å²) in [6.45, 7) is 3.98. The maximum absolute atomic E-state index is 6.01. The van der Waals surface area contributed by atoms with Gasteiger partial charge in [0, 0.05) is 11.9 Å². The van der Waals surface area contributed by atoms with E-state index >= 15 is 0 Å². The van der Waals surface area contributed by atoms with E-state index in [4.69, 9.17) is 16.4 Å². The lowest BCUT2D eigenvalue weighted by molar-refractivity contribution is -0.0176. The zero-order valence-electron chi connectivity index (χ0n) is 9.64. The van der Waals surface area contributed by atoms with Crippen molar-refractivity contribution in [3.05, 3.63) is 56.1 Å². The minimum atomic E-state index is 0.680. The smallest absolute Gasteiger partial charge is 0.159 e. The van der Waals surface area contributed by atoms with E-state index in [1.54, 1.807) is 27.7 Å². The van der Waals surface area contributed by atoms with Crippen molar-refractivity contribution in [1.29, 1.82) is 0 Å². The molecule has 0 saturated heterocycles. The second kappa shape index (κ2) is 4.46. The molecular formula is C13H10ClNOS2. The zero-order valence-corrected chi connectivity index (χ0v) is 12.0. The molecule has 0 aliphatic carbocycles. The third-order valence-electron chi connectivity index (χ3n) is 2.65. The van der Waals surface area contributed by atoms with Crippen molar-refractivity contribution in [2.24, 2.45) is 0 Å². The molecule has 2 nitrogen and oxygen atoms in total. The van der Waals surface area contributed by atoms with Crippen LogP contribution in [-0.4, -0.2) is 12.1 Å². The van der Waals surface area contributed by atoms with E-state index < -0.39 is 0 Å². The first-order valence-corrected chi connectivity index (χ1v) is 7.39.